The zero-order chi connectivity index (χ0) is 16.4. The summed E-state index contributed by atoms with van der Waals surface area (Å²) in [5, 5.41) is 1.18. The lowest BCUT2D eigenvalue weighted by molar-refractivity contribution is -0.143. The summed E-state index contributed by atoms with van der Waals surface area (Å²) >= 11 is 5.01. The van der Waals surface area contributed by atoms with Gasteiger partial charge in [0, 0.05) is 6.54 Å². The molecule has 0 bridgehead atoms. The van der Waals surface area contributed by atoms with Gasteiger partial charge in [0.1, 0.15) is 0 Å². The number of hydrogen-bond acceptors (Lipinski definition) is 1. The largest absolute Gasteiger partial charge is 0.416 e. The molecule has 0 radical (unpaired) electrons. The van der Waals surface area contributed by atoms with E-state index in [1.807, 2.05) is 0 Å². The number of rotatable bonds is 3. The lowest BCUT2D eigenvalue weighted by atomic mass is 9.96. The van der Waals surface area contributed by atoms with Crippen LogP contribution < -0.4 is 5.32 Å². The number of alkyl halides is 6. The summed E-state index contributed by atoms with van der Waals surface area (Å²) in [6.07, 6.45) is -9.79. The van der Waals surface area contributed by atoms with E-state index in [1.165, 1.54) is 6.92 Å². The molecule has 0 aromatic heterocycles. The average molecular weight is 334 g/mol. The Morgan fingerprint density at radius 3 is 1.86 bits per heavy atom. The van der Waals surface area contributed by atoms with Crippen molar-refractivity contribution >= 4 is 17.0 Å². The number of carbonyl (C=O) groups is 1. The van der Waals surface area contributed by atoms with Gasteiger partial charge in [-0.1, -0.05) is 6.92 Å². The van der Waals surface area contributed by atoms with Crippen molar-refractivity contribution in [3.05, 3.63) is 34.9 Å². The first-order valence-electron chi connectivity index (χ1n) is 5.64. The summed E-state index contributed by atoms with van der Waals surface area (Å²) < 4.78 is 75.9. The van der Waals surface area contributed by atoms with Gasteiger partial charge in [0.05, 0.1) is 11.1 Å². The second-order valence-electron chi connectivity index (χ2n) is 4.39. The molecule has 0 saturated heterocycles. The first kappa shape index (κ1) is 17.6. The third-order valence-corrected chi connectivity index (χ3v) is 2.86. The summed E-state index contributed by atoms with van der Waals surface area (Å²) in [6.45, 7) is 1.20. The third-order valence-electron chi connectivity index (χ3n) is 2.73. The highest BCUT2D eigenvalue weighted by Gasteiger charge is 2.37. The summed E-state index contributed by atoms with van der Waals surface area (Å²) in [7, 11) is 0. The molecule has 0 heterocycles. The summed E-state index contributed by atoms with van der Waals surface area (Å²) in [5.41, 5.74) is -2.98. The van der Waals surface area contributed by atoms with Crippen LogP contribution in [0.2, 0.25) is 0 Å². The highest BCUT2D eigenvalue weighted by molar-refractivity contribution is 6.62. The molecule has 0 aliphatic rings. The molecule has 0 fully saturated rings. The third kappa shape index (κ3) is 5.11. The highest BCUT2D eigenvalue weighted by atomic mass is 35.5. The number of benzene rings is 1. The highest BCUT2D eigenvalue weighted by Crippen LogP contribution is 2.37. The van der Waals surface area contributed by atoms with E-state index in [0.29, 0.717) is 12.1 Å². The minimum atomic E-state index is -4.90. The molecule has 2 nitrogen and oxygen atoms in total. The van der Waals surface area contributed by atoms with Gasteiger partial charge in [-0.2, -0.15) is 26.3 Å². The molecule has 1 atom stereocenters. The van der Waals surface area contributed by atoms with E-state index in [1.54, 1.807) is 0 Å². The van der Waals surface area contributed by atoms with Gasteiger partial charge >= 0.3 is 17.7 Å². The molecule has 0 aliphatic carbocycles. The molecule has 1 N–H and O–H groups in total. The number of nitrogens with one attached hydrogen (secondary N) is 1. The molecule has 9 heteroatoms. The average Bonchev–Trinajstić information content (AvgIpc) is 2.33. The first-order chi connectivity index (χ1) is 9.41. The van der Waals surface area contributed by atoms with Crippen LogP contribution in [0.4, 0.5) is 31.1 Å². The fourth-order valence-corrected chi connectivity index (χ4v) is 1.69. The maximum Gasteiger partial charge on any atom is 0.416 e. The van der Waals surface area contributed by atoms with E-state index in [9.17, 15) is 31.1 Å². The molecule has 1 amide bonds. The Balaban J connectivity index is 3.22. The fourth-order valence-electron chi connectivity index (χ4n) is 1.61. The van der Waals surface area contributed by atoms with Crippen molar-refractivity contribution in [2.45, 2.75) is 25.2 Å². The van der Waals surface area contributed by atoms with Crippen LogP contribution in [0.3, 0.4) is 0 Å². The molecular weight excluding hydrogens is 324 g/mol. The first-order valence-corrected chi connectivity index (χ1v) is 6.01. The minimum Gasteiger partial charge on any atom is -0.342 e. The van der Waals surface area contributed by atoms with E-state index < -0.39 is 34.8 Å². The standard InChI is InChI=1S/C12H10ClF6NO/c1-6(5-20-10(13)21)7-2-8(11(14,15)16)4-9(3-7)12(17,18)19/h2-4,6H,5H2,1H3,(H,20,21). The van der Waals surface area contributed by atoms with E-state index in [4.69, 9.17) is 11.6 Å². The van der Waals surface area contributed by atoms with Crippen molar-refractivity contribution in [1.29, 1.82) is 0 Å². The molecular formula is C12H10ClF6NO. The number of amides is 1. The molecule has 118 valence electrons. The predicted molar refractivity (Wildman–Crippen MR) is 64.1 cm³/mol. The Morgan fingerprint density at radius 2 is 1.52 bits per heavy atom. The zero-order valence-electron chi connectivity index (χ0n) is 10.6. The van der Waals surface area contributed by atoms with E-state index in [2.05, 4.69) is 5.32 Å². The number of hydrogen-bond donors (Lipinski definition) is 1. The summed E-state index contributed by atoms with van der Waals surface area (Å²) in [5.74, 6) is -0.767. The minimum absolute atomic E-state index is 0.0519. The van der Waals surface area contributed by atoms with Gasteiger partial charge < -0.3 is 5.32 Å². The molecule has 0 saturated carbocycles. The van der Waals surface area contributed by atoms with Crippen LogP contribution in [0.1, 0.15) is 29.5 Å². The molecule has 0 aliphatic heterocycles. The zero-order valence-corrected chi connectivity index (χ0v) is 11.3. The molecule has 1 aromatic rings. The van der Waals surface area contributed by atoms with E-state index >= 15 is 0 Å². The van der Waals surface area contributed by atoms with E-state index in [0.717, 1.165) is 0 Å². The summed E-state index contributed by atoms with van der Waals surface area (Å²) in [6, 6.07) is 1.30. The second kappa shape index (κ2) is 6.13. The molecule has 21 heavy (non-hydrogen) atoms. The maximum atomic E-state index is 12.7. The monoisotopic (exact) mass is 333 g/mol. The van der Waals surface area contributed by atoms with Gasteiger partial charge in [0.2, 0.25) is 0 Å². The molecule has 1 aromatic carbocycles. The van der Waals surface area contributed by atoms with Crippen LogP contribution in [0.5, 0.6) is 0 Å². The normalized spacial score (nSPS) is 13.9. The van der Waals surface area contributed by atoms with E-state index in [-0.39, 0.29) is 18.2 Å². The number of carbonyl (C=O) groups excluding carboxylic acids is 1. The Kier molecular flexibility index (Phi) is 5.14. The Bertz CT molecular complexity index is 493. The second-order valence-corrected chi connectivity index (χ2v) is 4.74. The van der Waals surface area contributed by atoms with Crippen molar-refractivity contribution in [1.82, 2.24) is 5.32 Å². The van der Waals surface area contributed by atoms with Crippen LogP contribution >= 0.6 is 11.6 Å². The lowest BCUT2D eigenvalue weighted by Gasteiger charge is -2.18. The van der Waals surface area contributed by atoms with Gasteiger partial charge in [-0.15, -0.1) is 0 Å². The Morgan fingerprint density at radius 1 is 1.10 bits per heavy atom. The van der Waals surface area contributed by atoms with Crippen LogP contribution in [0.15, 0.2) is 18.2 Å². The van der Waals surface area contributed by atoms with Crippen LogP contribution in [-0.2, 0) is 12.4 Å². The molecule has 1 rings (SSSR count). The van der Waals surface area contributed by atoms with Crippen LogP contribution in [0.25, 0.3) is 0 Å². The van der Waals surface area contributed by atoms with Crippen molar-refractivity contribution in [3.63, 3.8) is 0 Å². The van der Waals surface area contributed by atoms with Crippen LogP contribution in [0, 0.1) is 0 Å². The fraction of sp³-hybridized carbons (Fsp3) is 0.417. The smallest absolute Gasteiger partial charge is 0.342 e. The summed E-state index contributed by atoms with van der Waals surface area (Å²) in [4.78, 5) is 10.5. The lowest BCUT2D eigenvalue weighted by Crippen LogP contribution is -2.23. The van der Waals surface area contributed by atoms with Gasteiger partial charge in [0.25, 0.3) is 0 Å². The van der Waals surface area contributed by atoms with Gasteiger partial charge in [-0.05, 0) is 41.3 Å². The van der Waals surface area contributed by atoms with Crippen molar-refractivity contribution in [2.75, 3.05) is 6.54 Å². The van der Waals surface area contributed by atoms with Crippen molar-refractivity contribution in [2.24, 2.45) is 0 Å². The van der Waals surface area contributed by atoms with Crippen molar-refractivity contribution in [3.8, 4) is 0 Å². The topological polar surface area (TPSA) is 29.1 Å². The molecule has 0 spiro atoms. The SMILES string of the molecule is CC(CNC(=O)Cl)c1cc(C(F)(F)F)cc(C(F)(F)F)c1. The number of halogens is 7. The predicted octanol–water partition coefficient (Wildman–Crippen LogP) is 4.78. The Hall–Kier alpha value is -1.44. The van der Waals surface area contributed by atoms with Gasteiger partial charge in [-0.25, -0.2) is 0 Å². The van der Waals surface area contributed by atoms with Gasteiger partial charge in [0.15, 0.2) is 0 Å². The van der Waals surface area contributed by atoms with Crippen LogP contribution in [-0.4, -0.2) is 11.9 Å². The Labute approximate surface area is 121 Å². The van der Waals surface area contributed by atoms with Gasteiger partial charge in [-0.3, -0.25) is 4.79 Å². The maximum absolute atomic E-state index is 12.7. The quantitative estimate of drug-likeness (QED) is 0.481. The molecule has 1 unspecified atom stereocenters. The van der Waals surface area contributed by atoms with Crippen molar-refractivity contribution < 1.29 is 31.1 Å².